The molecule has 1 N–H and O–H groups in total. The molecule has 0 aliphatic heterocycles. The fourth-order valence-electron chi connectivity index (χ4n) is 1.43. The molecule has 0 atom stereocenters. The average molecular weight is 231 g/mol. The number of oxazole rings is 1. The monoisotopic (exact) mass is 231 g/mol. The van der Waals surface area contributed by atoms with Crippen LogP contribution in [0, 0.1) is 6.92 Å². The minimum absolute atomic E-state index is 0.482. The molecule has 0 radical (unpaired) electrons. The smallest absolute Gasteiger partial charge is 0.302 e. The van der Waals surface area contributed by atoms with Crippen LogP contribution in [-0.4, -0.2) is 9.97 Å². The third-order valence-corrected chi connectivity index (χ3v) is 2.96. The van der Waals surface area contributed by atoms with Crippen LogP contribution in [0.3, 0.4) is 0 Å². The van der Waals surface area contributed by atoms with Crippen molar-refractivity contribution in [2.75, 3.05) is 5.32 Å². The number of para-hydroxylation sites is 2. The zero-order valence-corrected chi connectivity index (χ0v) is 9.41. The van der Waals surface area contributed by atoms with Crippen molar-refractivity contribution in [3.8, 4) is 0 Å². The number of hydrogen-bond acceptors (Lipinski definition) is 5. The maximum absolute atomic E-state index is 5.53. The summed E-state index contributed by atoms with van der Waals surface area (Å²) in [5.74, 6) is 0. The highest BCUT2D eigenvalue weighted by atomic mass is 32.1. The van der Waals surface area contributed by atoms with Gasteiger partial charge in [0.05, 0.1) is 0 Å². The first-order valence-corrected chi connectivity index (χ1v) is 5.68. The topological polar surface area (TPSA) is 51.0 Å². The summed E-state index contributed by atoms with van der Waals surface area (Å²) in [4.78, 5) is 9.65. The lowest BCUT2D eigenvalue weighted by Crippen LogP contribution is -1.87. The highest BCUT2D eigenvalue weighted by Crippen LogP contribution is 2.24. The fourth-order valence-corrected chi connectivity index (χ4v) is 2.08. The number of nitrogens with one attached hydrogen (secondary N) is 1. The van der Waals surface area contributed by atoms with E-state index in [0.29, 0.717) is 6.01 Å². The van der Waals surface area contributed by atoms with Crippen LogP contribution in [0.5, 0.6) is 0 Å². The molecule has 3 aromatic rings. The first kappa shape index (κ1) is 9.35. The van der Waals surface area contributed by atoms with Crippen molar-refractivity contribution in [1.82, 2.24) is 9.97 Å². The summed E-state index contributed by atoms with van der Waals surface area (Å²) in [6, 6.07) is 8.14. The molecule has 0 spiro atoms. The Balaban J connectivity index is 1.95. The largest absolute Gasteiger partial charge is 0.423 e. The Hall–Kier alpha value is -1.88. The summed E-state index contributed by atoms with van der Waals surface area (Å²) in [5.41, 5.74) is 1.62. The average Bonchev–Trinajstić information content (AvgIpc) is 2.84. The van der Waals surface area contributed by atoms with E-state index in [9.17, 15) is 0 Å². The zero-order valence-electron chi connectivity index (χ0n) is 8.60. The zero-order chi connectivity index (χ0) is 11.0. The van der Waals surface area contributed by atoms with Gasteiger partial charge in [0, 0.05) is 11.1 Å². The Kier molecular flexibility index (Phi) is 2.11. The normalized spacial score (nSPS) is 10.8. The summed E-state index contributed by atoms with van der Waals surface area (Å²) in [7, 11) is 0. The predicted octanol–water partition coefficient (Wildman–Crippen LogP) is 3.34. The Bertz CT molecular complexity index is 596. The molecule has 0 saturated carbocycles. The first-order chi connectivity index (χ1) is 7.81. The molecule has 0 fully saturated rings. The molecule has 0 unspecified atom stereocenters. The van der Waals surface area contributed by atoms with Gasteiger partial charge in [-0.3, -0.25) is 5.32 Å². The minimum Gasteiger partial charge on any atom is -0.423 e. The van der Waals surface area contributed by atoms with Crippen LogP contribution in [-0.2, 0) is 0 Å². The molecule has 0 aliphatic carbocycles. The number of fused-ring (bicyclic) bond motifs is 1. The number of hydrogen-bond donors (Lipinski definition) is 1. The van der Waals surface area contributed by atoms with Gasteiger partial charge in [-0.1, -0.05) is 12.1 Å². The van der Waals surface area contributed by atoms with Crippen LogP contribution >= 0.6 is 11.3 Å². The molecule has 16 heavy (non-hydrogen) atoms. The molecular formula is C11H9N3OS. The molecule has 4 nitrogen and oxygen atoms in total. The second kappa shape index (κ2) is 3.61. The standard InChI is InChI=1S/C11H9N3OS/c1-7-6-12-11(16-7)14-10-13-8-4-2-3-5-9(8)15-10/h2-6H,1H3,(H,12,13,14). The van der Waals surface area contributed by atoms with Crippen LogP contribution in [0.25, 0.3) is 11.1 Å². The van der Waals surface area contributed by atoms with Gasteiger partial charge in [0.2, 0.25) is 0 Å². The fraction of sp³-hybridized carbons (Fsp3) is 0.0909. The third-order valence-electron chi connectivity index (χ3n) is 2.13. The van der Waals surface area contributed by atoms with E-state index in [1.807, 2.05) is 37.4 Å². The van der Waals surface area contributed by atoms with Crippen molar-refractivity contribution in [1.29, 1.82) is 0 Å². The highest BCUT2D eigenvalue weighted by Gasteiger charge is 2.06. The summed E-state index contributed by atoms with van der Waals surface area (Å²) in [6.07, 6.45) is 1.82. The maximum atomic E-state index is 5.53. The van der Waals surface area contributed by atoms with Gasteiger partial charge in [-0.15, -0.1) is 11.3 Å². The molecule has 80 valence electrons. The molecule has 2 heterocycles. The minimum atomic E-state index is 0.482. The Morgan fingerprint density at radius 3 is 2.94 bits per heavy atom. The van der Waals surface area contributed by atoms with Crippen molar-refractivity contribution in [2.24, 2.45) is 0 Å². The molecule has 3 rings (SSSR count). The third kappa shape index (κ3) is 1.65. The van der Waals surface area contributed by atoms with Crippen molar-refractivity contribution in [3.63, 3.8) is 0 Å². The van der Waals surface area contributed by atoms with E-state index in [2.05, 4.69) is 15.3 Å². The lowest BCUT2D eigenvalue weighted by Gasteiger charge is -1.92. The van der Waals surface area contributed by atoms with Crippen molar-refractivity contribution in [3.05, 3.63) is 35.3 Å². The van der Waals surface area contributed by atoms with Crippen LogP contribution in [0.4, 0.5) is 11.1 Å². The Morgan fingerprint density at radius 1 is 1.31 bits per heavy atom. The van der Waals surface area contributed by atoms with E-state index in [-0.39, 0.29) is 0 Å². The lowest BCUT2D eigenvalue weighted by atomic mass is 10.3. The van der Waals surface area contributed by atoms with Gasteiger partial charge >= 0.3 is 6.01 Å². The Morgan fingerprint density at radius 2 is 2.19 bits per heavy atom. The molecule has 0 saturated heterocycles. The van der Waals surface area contributed by atoms with Gasteiger partial charge in [0.1, 0.15) is 5.52 Å². The summed E-state index contributed by atoms with van der Waals surface area (Å²) < 4.78 is 5.53. The first-order valence-electron chi connectivity index (χ1n) is 4.86. The van der Waals surface area contributed by atoms with Crippen molar-refractivity contribution in [2.45, 2.75) is 6.92 Å². The second-order valence-corrected chi connectivity index (χ2v) is 4.62. The molecule has 1 aromatic carbocycles. The van der Waals surface area contributed by atoms with Gasteiger partial charge in [0.15, 0.2) is 10.7 Å². The van der Waals surface area contributed by atoms with Gasteiger partial charge in [-0.05, 0) is 19.1 Å². The number of rotatable bonds is 2. The van der Waals surface area contributed by atoms with E-state index >= 15 is 0 Å². The molecule has 0 aliphatic rings. The van der Waals surface area contributed by atoms with E-state index in [0.717, 1.165) is 21.1 Å². The summed E-state index contributed by atoms with van der Waals surface area (Å²) in [5, 5.41) is 3.84. The number of aryl methyl sites for hydroxylation is 1. The lowest BCUT2D eigenvalue weighted by molar-refractivity contribution is 0.623. The SMILES string of the molecule is Cc1cnc(Nc2nc3ccccc3o2)s1. The second-order valence-electron chi connectivity index (χ2n) is 3.39. The number of thiazole rings is 1. The molecular weight excluding hydrogens is 222 g/mol. The maximum Gasteiger partial charge on any atom is 0.302 e. The van der Waals surface area contributed by atoms with Crippen LogP contribution in [0.15, 0.2) is 34.9 Å². The van der Waals surface area contributed by atoms with E-state index < -0.39 is 0 Å². The van der Waals surface area contributed by atoms with Gasteiger partial charge in [-0.25, -0.2) is 4.98 Å². The number of benzene rings is 1. The van der Waals surface area contributed by atoms with E-state index in [1.54, 1.807) is 11.3 Å². The van der Waals surface area contributed by atoms with Gasteiger partial charge in [0.25, 0.3) is 0 Å². The van der Waals surface area contributed by atoms with Crippen LogP contribution in [0.2, 0.25) is 0 Å². The van der Waals surface area contributed by atoms with Crippen molar-refractivity contribution < 1.29 is 4.42 Å². The van der Waals surface area contributed by atoms with Crippen LogP contribution < -0.4 is 5.32 Å². The summed E-state index contributed by atoms with van der Waals surface area (Å²) in [6.45, 7) is 2.01. The molecule has 5 heteroatoms. The number of aromatic nitrogens is 2. The van der Waals surface area contributed by atoms with Crippen molar-refractivity contribution >= 4 is 33.6 Å². The summed E-state index contributed by atoms with van der Waals surface area (Å²) >= 11 is 1.57. The Labute approximate surface area is 96.0 Å². The van der Waals surface area contributed by atoms with Gasteiger partial charge in [-0.2, -0.15) is 4.98 Å². The van der Waals surface area contributed by atoms with E-state index in [4.69, 9.17) is 4.42 Å². The quantitative estimate of drug-likeness (QED) is 0.735. The number of anilines is 2. The van der Waals surface area contributed by atoms with Gasteiger partial charge < -0.3 is 4.42 Å². The van der Waals surface area contributed by atoms with E-state index in [1.165, 1.54) is 0 Å². The highest BCUT2D eigenvalue weighted by molar-refractivity contribution is 7.15. The predicted molar refractivity (Wildman–Crippen MR) is 64.1 cm³/mol. The molecule has 0 bridgehead atoms. The number of nitrogens with zero attached hydrogens (tertiary/aromatic N) is 2. The molecule has 2 aromatic heterocycles. The van der Waals surface area contributed by atoms with Crippen LogP contribution in [0.1, 0.15) is 4.88 Å². The molecule has 0 amide bonds.